The first kappa shape index (κ1) is 16.3. The maximum absolute atomic E-state index is 11.7. The van der Waals surface area contributed by atoms with Crippen LogP contribution in [0.25, 0.3) is 6.08 Å². The molecule has 22 heavy (non-hydrogen) atoms. The van der Waals surface area contributed by atoms with Gasteiger partial charge < -0.3 is 10.6 Å². The van der Waals surface area contributed by atoms with Crippen molar-refractivity contribution in [3.8, 4) is 0 Å². The van der Waals surface area contributed by atoms with Crippen molar-refractivity contribution >= 4 is 40.8 Å². The Morgan fingerprint density at radius 3 is 2.50 bits per heavy atom. The largest absolute Gasteiger partial charge is 0.351 e. The first-order valence-corrected chi connectivity index (χ1v) is 7.94. The highest BCUT2D eigenvalue weighted by molar-refractivity contribution is 7.12. The van der Waals surface area contributed by atoms with Crippen molar-refractivity contribution in [3.63, 3.8) is 0 Å². The second kappa shape index (κ2) is 8.36. The summed E-state index contributed by atoms with van der Waals surface area (Å²) in [6.07, 6.45) is 3.15. The maximum Gasteiger partial charge on any atom is 0.261 e. The molecule has 1 aromatic heterocycles. The standard InChI is InChI=1S/C16H15ClN2O2S/c17-13-6-3-12(4-7-13)5-8-15(20)18-9-10-19-16(21)14-2-1-11-22-14/h1-8,11H,9-10H2,(H,18,20)(H,19,21)/b8-5+. The SMILES string of the molecule is O=C(/C=C/c1ccc(Cl)cc1)NCCNC(=O)c1cccs1. The van der Waals surface area contributed by atoms with E-state index in [1.807, 2.05) is 23.6 Å². The molecule has 2 aromatic rings. The molecule has 1 aromatic carbocycles. The number of amides is 2. The molecule has 0 radical (unpaired) electrons. The van der Waals surface area contributed by atoms with E-state index < -0.39 is 0 Å². The van der Waals surface area contributed by atoms with Gasteiger partial charge in [0.1, 0.15) is 0 Å². The van der Waals surface area contributed by atoms with E-state index in [-0.39, 0.29) is 11.8 Å². The number of benzene rings is 1. The molecule has 0 aliphatic carbocycles. The fourth-order valence-corrected chi connectivity index (χ4v) is 2.43. The van der Waals surface area contributed by atoms with Crippen LogP contribution in [0, 0.1) is 0 Å². The van der Waals surface area contributed by atoms with E-state index >= 15 is 0 Å². The van der Waals surface area contributed by atoms with Gasteiger partial charge in [0.2, 0.25) is 5.91 Å². The van der Waals surface area contributed by atoms with E-state index in [0.29, 0.717) is 23.0 Å². The lowest BCUT2D eigenvalue weighted by Crippen LogP contribution is -2.33. The number of halogens is 1. The first-order valence-electron chi connectivity index (χ1n) is 6.68. The molecule has 0 saturated carbocycles. The van der Waals surface area contributed by atoms with Crippen molar-refractivity contribution in [1.29, 1.82) is 0 Å². The Balaban J connectivity index is 1.67. The summed E-state index contributed by atoms with van der Waals surface area (Å²) in [4.78, 5) is 23.9. The van der Waals surface area contributed by atoms with E-state index in [0.717, 1.165) is 5.56 Å². The summed E-state index contributed by atoms with van der Waals surface area (Å²) >= 11 is 7.17. The van der Waals surface area contributed by atoms with Crippen molar-refractivity contribution in [2.45, 2.75) is 0 Å². The zero-order valence-electron chi connectivity index (χ0n) is 11.7. The van der Waals surface area contributed by atoms with E-state index in [9.17, 15) is 9.59 Å². The topological polar surface area (TPSA) is 58.2 Å². The van der Waals surface area contributed by atoms with Gasteiger partial charge in [0.25, 0.3) is 5.91 Å². The van der Waals surface area contributed by atoms with Gasteiger partial charge in [-0.15, -0.1) is 11.3 Å². The van der Waals surface area contributed by atoms with Crippen LogP contribution < -0.4 is 10.6 Å². The predicted octanol–water partition coefficient (Wildman–Crippen LogP) is 2.96. The third-order valence-electron chi connectivity index (χ3n) is 2.75. The van der Waals surface area contributed by atoms with Gasteiger partial charge in [-0.1, -0.05) is 29.8 Å². The molecule has 2 amide bonds. The highest BCUT2D eigenvalue weighted by Gasteiger charge is 2.04. The van der Waals surface area contributed by atoms with Crippen LogP contribution in [0.5, 0.6) is 0 Å². The minimum Gasteiger partial charge on any atom is -0.351 e. The van der Waals surface area contributed by atoms with Gasteiger partial charge in [0, 0.05) is 24.2 Å². The van der Waals surface area contributed by atoms with Crippen LogP contribution in [0.1, 0.15) is 15.2 Å². The Morgan fingerprint density at radius 1 is 1.09 bits per heavy atom. The maximum atomic E-state index is 11.7. The van der Waals surface area contributed by atoms with Crippen molar-refractivity contribution in [1.82, 2.24) is 10.6 Å². The van der Waals surface area contributed by atoms with Crippen LogP contribution in [0.15, 0.2) is 47.9 Å². The fraction of sp³-hybridized carbons (Fsp3) is 0.125. The van der Waals surface area contributed by atoms with E-state index in [2.05, 4.69) is 10.6 Å². The van der Waals surface area contributed by atoms with Gasteiger partial charge in [-0.3, -0.25) is 9.59 Å². The molecule has 2 rings (SSSR count). The molecule has 0 spiro atoms. The Hall–Kier alpha value is -2.11. The molecular weight excluding hydrogens is 320 g/mol. The number of nitrogens with one attached hydrogen (secondary N) is 2. The summed E-state index contributed by atoms with van der Waals surface area (Å²) in [6, 6.07) is 10.8. The predicted molar refractivity (Wildman–Crippen MR) is 90.1 cm³/mol. The molecule has 0 unspecified atom stereocenters. The highest BCUT2D eigenvalue weighted by atomic mass is 35.5. The van der Waals surface area contributed by atoms with E-state index in [1.54, 1.807) is 24.3 Å². The third-order valence-corrected chi connectivity index (χ3v) is 3.87. The quantitative estimate of drug-likeness (QED) is 0.630. The molecule has 2 N–H and O–H groups in total. The monoisotopic (exact) mass is 334 g/mol. The summed E-state index contributed by atoms with van der Waals surface area (Å²) < 4.78 is 0. The lowest BCUT2D eigenvalue weighted by atomic mass is 10.2. The number of carbonyl (C=O) groups is 2. The molecule has 114 valence electrons. The summed E-state index contributed by atoms with van der Waals surface area (Å²) in [5.41, 5.74) is 0.894. The van der Waals surface area contributed by atoms with Gasteiger partial charge in [-0.05, 0) is 35.2 Å². The van der Waals surface area contributed by atoms with Gasteiger partial charge in [-0.25, -0.2) is 0 Å². The molecule has 0 atom stereocenters. The lowest BCUT2D eigenvalue weighted by molar-refractivity contribution is -0.116. The minimum absolute atomic E-state index is 0.124. The number of hydrogen-bond acceptors (Lipinski definition) is 3. The molecule has 0 fully saturated rings. The van der Waals surface area contributed by atoms with E-state index in [4.69, 9.17) is 11.6 Å². The zero-order chi connectivity index (χ0) is 15.8. The number of rotatable bonds is 6. The summed E-state index contributed by atoms with van der Waals surface area (Å²) in [6.45, 7) is 0.762. The smallest absolute Gasteiger partial charge is 0.261 e. The van der Waals surface area contributed by atoms with Crippen LogP contribution in [0.2, 0.25) is 5.02 Å². The molecule has 0 saturated heterocycles. The summed E-state index contributed by atoms with van der Waals surface area (Å²) in [7, 11) is 0. The highest BCUT2D eigenvalue weighted by Crippen LogP contribution is 2.10. The van der Waals surface area contributed by atoms with Crippen LogP contribution in [-0.4, -0.2) is 24.9 Å². The third kappa shape index (κ3) is 5.35. The van der Waals surface area contributed by atoms with Crippen LogP contribution in [0.4, 0.5) is 0 Å². The molecule has 6 heteroatoms. The first-order chi connectivity index (χ1) is 10.6. The Morgan fingerprint density at radius 2 is 1.82 bits per heavy atom. The lowest BCUT2D eigenvalue weighted by Gasteiger charge is -2.04. The Bertz CT molecular complexity index is 651. The van der Waals surface area contributed by atoms with Crippen molar-refractivity contribution in [3.05, 3.63) is 63.3 Å². The second-order valence-electron chi connectivity index (χ2n) is 4.41. The van der Waals surface area contributed by atoms with Gasteiger partial charge in [0.15, 0.2) is 0 Å². The fourth-order valence-electron chi connectivity index (χ4n) is 1.66. The molecule has 4 nitrogen and oxygen atoms in total. The molecule has 0 aliphatic rings. The van der Waals surface area contributed by atoms with Crippen LogP contribution in [0.3, 0.4) is 0 Å². The van der Waals surface area contributed by atoms with Crippen molar-refractivity contribution < 1.29 is 9.59 Å². The summed E-state index contributed by atoms with van der Waals surface area (Å²) in [5.74, 6) is -0.332. The second-order valence-corrected chi connectivity index (χ2v) is 5.79. The average molecular weight is 335 g/mol. The number of thiophene rings is 1. The van der Waals surface area contributed by atoms with Gasteiger partial charge in [-0.2, -0.15) is 0 Å². The molecule has 1 heterocycles. The Labute approximate surface area is 137 Å². The Kier molecular flexibility index (Phi) is 6.18. The normalized spacial score (nSPS) is 10.6. The average Bonchev–Trinajstić information content (AvgIpc) is 3.05. The van der Waals surface area contributed by atoms with Crippen LogP contribution in [-0.2, 0) is 4.79 Å². The van der Waals surface area contributed by atoms with Gasteiger partial charge >= 0.3 is 0 Å². The number of carbonyl (C=O) groups excluding carboxylic acids is 2. The number of hydrogen-bond donors (Lipinski definition) is 2. The molecule has 0 aliphatic heterocycles. The molecular formula is C16H15ClN2O2S. The van der Waals surface area contributed by atoms with Crippen molar-refractivity contribution in [2.75, 3.05) is 13.1 Å². The summed E-state index contributed by atoms with van der Waals surface area (Å²) in [5, 5.41) is 7.94. The molecule has 0 bridgehead atoms. The van der Waals surface area contributed by atoms with E-state index in [1.165, 1.54) is 17.4 Å². The van der Waals surface area contributed by atoms with Crippen molar-refractivity contribution in [2.24, 2.45) is 0 Å². The van der Waals surface area contributed by atoms with Crippen LogP contribution >= 0.6 is 22.9 Å². The zero-order valence-corrected chi connectivity index (χ0v) is 13.3. The minimum atomic E-state index is -0.208. The van der Waals surface area contributed by atoms with Gasteiger partial charge in [0.05, 0.1) is 4.88 Å².